The smallest absolute Gasteiger partial charge is 0.251 e. The van der Waals surface area contributed by atoms with Crippen LogP contribution in [0.25, 0.3) is 0 Å². The molecule has 2 aliphatic rings. The molecule has 1 fully saturated rings. The summed E-state index contributed by atoms with van der Waals surface area (Å²) < 4.78 is 27.7. The van der Waals surface area contributed by atoms with Crippen LogP contribution in [-0.4, -0.2) is 44.7 Å². The standard InChI is InChI=1S/C20H27F2N7O/c1-11(2)16-18(30)26-15-12(3)25-19(27-17(15)28(16)4)23-8-13-9-24-29(10-13)6-5-14-7-20(14,21)22/h9-11,14,16H,5-8H2,1-4H3,(H,26,30)(H,23,25,27). The number of hydrogen-bond donors (Lipinski definition) is 2. The number of carbonyl (C=O) groups is 1. The first-order chi connectivity index (χ1) is 14.2. The summed E-state index contributed by atoms with van der Waals surface area (Å²) in [7, 11) is 1.87. The van der Waals surface area contributed by atoms with Crippen LogP contribution in [0.5, 0.6) is 0 Å². The number of halogens is 2. The molecular formula is C20H27F2N7O. The monoisotopic (exact) mass is 419 g/mol. The first-order valence-electron chi connectivity index (χ1n) is 10.2. The number of alkyl halides is 2. The predicted octanol–water partition coefficient (Wildman–Crippen LogP) is 3.05. The molecule has 30 heavy (non-hydrogen) atoms. The van der Waals surface area contributed by atoms with Gasteiger partial charge >= 0.3 is 0 Å². The van der Waals surface area contributed by atoms with Gasteiger partial charge in [-0.2, -0.15) is 10.1 Å². The maximum atomic E-state index is 13.0. The number of amides is 1. The minimum Gasteiger partial charge on any atom is -0.350 e. The largest absolute Gasteiger partial charge is 0.350 e. The minimum atomic E-state index is -2.49. The van der Waals surface area contributed by atoms with Crippen LogP contribution in [0.1, 0.15) is 37.9 Å². The van der Waals surface area contributed by atoms with Gasteiger partial charge in [-0.1, -0.05) is 13.8 Å². The maximum absolute atomic E-state index is 13.0. The van der Waals surface area contributed by atoms with E-state index in [1.54, 1.807) is 10.9 Å². The average Bonchev–Trinajstić information content (AvgIpc) is 3.06. The van der Waals surface area contributed by atoms with Gasteiger partial charge in [0.1, 0.15) is 11.7 Å². The second kappa shape index (κ2) is 7.48. The minimum absolute atomic E-state index is 0.00966. The van der Waals surface area contributed by atoms with Gasteiger partial charge in [0, 0.05) is 44.2 Å². The molecule has 2 atom stereocenters. The van der Waals surface area contributed by atoms with E-state index in [-0.39, 0.29) is 24.3 Å². The molecule has 1 saturated carbocycles. The maximum Gasteiger partial charge on any atom is 0.251 e. The fourth-order valence-electron chi connectivity index (χ4n) is 3.97. The molecule has 2 N–H and O–H groups in total. The van der Waals surface area contributed by atoms with Gasteiger partial charge in [-0.15, -0.1) is 0 Å². The van der Waals surface area contributed by atoms with Crippen molar-refractivity contribution in [2.45, 2.75) is 58.7 Å². The van der Waals surface area contributed by atoms with Gasteiger partial charge in [0.2, 0.25) is 11.9 Å². The van der Waals surface area contributed by atoms with Crippen molar-refractivity contribution in [1.82, 2.24) is 19.7 Å². The molecule has 2 aromatic heterocycles. The number of anilines is 3. The van der Waals surface area contributed by atoms with E-state index in [4.69, 9.17) is 0 Å². The third-order valence-corrected chi connectivity index (χ3v) is 5.77. The Morgan fingerprint density at radius 1 is 1.37 bits per heavy atom. The lowest BCUT2D eigenvalue weighted by atomic mass is 9.99. The third kappa shape index (κ3) is 3.95. The van der Waals surface area contributed by atoms with Gasteiger partial charge in [0.15, 0.2) is 5.82 Å². The number of rotatable bonds is 7. The van der Waals surface area contributed by atoms with Gasteiger partial charge in [-0.25, -0.2) is 13.8 Å². The van der Waals surface area contributed by atoms with Crippen molar-refractivity contribution < 1.29 is 13.6 Å². The number of nitrogens with zero attached hydrogens (tertiary/aromatic N) is 5. The fourth-order valence-corrected chi connectivity index (χ4v) is 3.97. The number of likely N-dealkylation sites (N-methyl/N-ethyl adjacent to an activating group) is 1. The molecule has 1 amide bonds. The van der Waals surface area contributed by atoms with Crippen LogP contribution >= 0.6 is 0 Å². The lowest BCUT2D eigenvalue weighted by Crippen LogP contribution is -2.49. The Morgan fingerprint density at radius 2 is 2.10 bits per heavy atom. The highest BCUT2D eigenvalue weighted by atomic mass is 19.3. The predicted molar refractivity (Wildman–Crippen MR) is 110 cm³/mol. The van der Waals surface area contributed by atoms with Crippen LogP contribution < -0.4 is 15.5 Å². The molecule has 1 aliphatic carbocycles. The Bertz CT molecular complexity index is 959. The Kier molecular flexibility index (Phi) is 5.11. The molecule has 0 aromatic carbocycles. The Hall–Kier alpha value is -2.78. The lowest BCUT2D eigenvalue weighted by Gasteiger charge is -2.36. The van der Waals surface area contributed by atoms with Crippen LogP contribution in [-0.2, 0) is 17.9 Å². The van der Waals surface area contributed by atoms with E-state index in [9.17, 15) is 13.6 Å². The van der Waals surface area contributed by atoms with Gasteiger partial charge in [-0.05, 0) is 19.3 Å². The normalized spacial score (nSPS) is 22.1. The topological polar surface area (TPSA) is 88.0 Å². The Morgan fingerprint density at radius 3 is 2.77 bits per heavy atom. The van der Waals surface area contributed by atoms with Crippen molar-refractivity contribution in [2.75, 3.05) is 22.6 Å². The highest BCUT2D eigenvalue weighted by Gasteiger charge is 2.56. The molecule has 1 aliphatic heterocycles. The molecule has 4 rings (SSSR count). The highest BCUT2D eigenvalue weighted by Crippen LogP contribution is 2.50. The van der Waals surface area contributed by atoms with Crippen molar-refractivity contribution in [3.63, 3.8) is 0 Å². The van der Waals surface area contributed by atoms with E-state index >= 15 is 0 Å². The molecule has 0 bridgehead atoms. The fraction of sp³-hybridized carbons (Fsp3) is 0.600. The van der Waals surface area contributed by atoms with E-state index in [1.165, 1.54) is 0 Å². The van der Waals surface area contributed by atoms with Gasteiger partial charge in [-0.3, -0.25) is 9.48 Å². The number of fused-ring (bicyclic) bond motifs is 1. The van der Waals surface area contributed by atoms with E-state index in [0.29, 0.717) is 42.7 Å². The molecule has 162 valence electrons. The Labute approximate surface area is 174 Å². The lowest BCUT2D eigenvalue weighted by molar-refractivity contribution is -0.118. The van der Waals surface area contributed by atoms with E-state index in [0.717, 1.165) is 5.56 Å². The van der Waals surface area contributed by atoms with Crippen molar-refractivity contribution in [2.24, 2.45) is 11.8 Å². The van der Waals surface area contributed by atoms with Crippen LogP contribution in [0.15, 0.2) is 12.4 Å². The molecule has 2 aromatic rings. The van der Waals surface area contributed by atoms with Crippen LogP contribution in [0.3, 0.4) is 0 Å². The SMILES string of the molecule is Cc1nc(NCc2cnn(CCC3CC3(F)F)c2)nc2c1NC(=O)C(C(C)C)N2C. The third-order valence-electron chi connectivity index (χ3n) is 5.77. The molecule has 0 radical (unpaired) electrons. The van der Waals surface area contributed by atoms with Gasteiger partial charge in [0.25, 0.3) is 5.92 Å². The summed E-state index contributed by atoms with van der Waals surface area (Å²) in [6, 6.07) is -0.295. The molecule has 10 heteroatoms. The highest BCUT2D eigenvalue weighted by molar-refractivity contribution is 6.03. The van der Waals surface area contributed by atoms with E-state index < -0.39 is 11.8 Å². The molecule has 3 heterocycles. The number of nitrogens with one attached hydrogen (secondary N) is 2. The van der Waals surface area contributed by atoms with Gasteiger partial charge in [0.05, 0.1) is 11.9 Å². The molecular weight excluding hydrogens is 392 g/mol. The first kappa shape index (κ1) is 20.5. The van der Waals surface area contributed by atoms with E-state index in [1.807, 2.05) is 38.9 Å². The molecule has 8 nitrogen and oxygen atoms in total. The van der Waals surface area contributed by atoms with Crippen LogP contribution in [0.4, 0.5) is 26.2 Å². The Balaban J connectivity index is 1.41. The van der Waals surface area contributed by atoms with Crippen LogP contribution in [0.2, 0.25) is 0 Å². The summed E-state index contributed by atoms with van der Waals surface area (Å²) in [6.07, 6.45) is 3.98. The number of aryl methyl sites for hydroxylation is 2. The van der Waals surface area contributed by atoms with Crippen molar-refractivity contribution >= 4 is 23.4 Å². The summed E-state index contributed by atoms with van der Waals surface area (Å²) in [4.78, 5) is 23.4. The van der Waals surface area contributed by atoms with Crippen molar-refractivity contribution in [1.29, 1.82) is 0 Å². The second-order valence-corrected chi connectivity index (χ2v) is 8.54. The summed E-state index contributed by atoms with van der Waals surface area (Å²) in [5, 5.41) is 10.4. The molecule has 0 spiro atoms. The number of hydrogen-bond acceptors (Lipinski definition) is 6. The summed E-state index contributed by atoms with van der Waals surface area (Å²) in [5.41, 5.74) is 2.24. The average molecular weight is 419 g/mol. The van der Waals surface area contributed by atoms with Crippen molar-refractivity contribution in [3.8, 4) is 0 Å². The number of aromatic nitrogens is 4. The zero-order chi connectivity index (χ0) is 21.6. The zero-order valence-electron chi connectivity index (χ0n) is 17.6. The summed E-state index contributed by atoms with van der Waals surface area (Å²) >= 11 is 0. The summed E-state index contributed by atoms with van der Waals surface area (Å²) in [5.74, 6) is -1.77. The van der Waals surface area contributed by atoms with Crippen LogP contribution in [0, 0.1) is 18.8 Å². The molecule has 2 unspecified atom stereocenters. The van der Waals surface area contributed by atoms with Crippen molar-refractivity contribution in [3.05, 3.63) is 23.7 Å². The second-order valence-electron chi connectivity index (χ2n) is 8.54. The number of carbonyl (C=O) groups excluding carboxylic acids is 1. The summed E-state index contributed by atoms with van der Waals surface area (Å²) in [6.45, 7) is 6.78. The van der Waals surface area contributed by atoms with Gasteiger partial charge < -0.3 is 15.5 Å². The zero-order valence-corrected chi connectivity index (χ0v) is 17.6. The first-order valence-corrected chi connectivity index (χ1v) is 10.2. The quantitative estimate of drug-likeness (QED) is 0.717. The van der Waals surface area contributed by atoms with E-state index in [2.05, 4.69) is 25.7 Å². The molecule has 0 saturated heterocycles.